The number of aromatic nitrogens is 1. The number of hydrogen-bond donors (Lipinski definition) is 1. The second kappa shape index (κ2) is 6.61. The number of halogens is 1. The zero-order chi connectivity index (χ0) is 17.1. The quantitative estimate of drug-likeness (QED) is 0.763. The molecule has 0 aliphatic heterocycles. The molecule has 4 nitrogen and oxygen atoms in total. The van der Waals surface area contributed by atoms with Gasteiger partial charge in [0.15, 0.2) is 0 Å². The van der Waals surface area contributed by atoms with E-state index in [2.05, 4.69) is 11.1 Å². The first-order chi connectivity index (χ1) is 11.6. The van der Waals surface area contributed by atoms with Crippen LogP contribution in [-0.4, -0.2) is 12.1 Å². The van der Waals surface area contributed by atoms with E-state index in [9.17, 15) is 5.26 Å². The fourth-order valence-electron chi connectivity index (χ4n) is 2.50. The van der Waals surface area contributed by atoms with Crippen molar-refractivity contribution in [1.82, 2.24) is 4.98 Å². The van der Waals surface area contributed by atoms with E-state index in [4.69, 9.17) is 22.1 Å². The molecule has 0 radical (unpaired) electrons. The van der Waals surface area contributed by atoms with Gasteiger partial charge in [0.25, 0.3) is 0 Å². The molecule has 0 unspecified atom stereocenters. The number of pyridine rings is 1. The highest BCUT2D eigenvalue weighted by Gasteiger charge is 2.14. The van der Waals surface area contributed by atoms with Crippen molar-refractivity contribution >= 4 is 17.4 Å². The predicted octanol–water partition coefficient (Wildman–Crippen LogP) is 4.53. The van der Waals surface area contributed by atoms with Crippen LogP contribution in [0.4, 0.5) is 5.82 Å². The van der Waals surface area contributed by atoms with Crippen LogP contribution in [0, 0.1) is 11.3 Å². The normalized spacial score (nSPS) is 10.2. The van der Waals surface area contributed by atoms with Gasteiger partial charge in [-0.05, 0) is 35.9 Å². The number of hydrogen-bond acceptors (Lipinski definition) is 4. The lowest BCUT2D eigenvalue weighted by Crippen LogP contribution is -2.00. The van der Waals surface area contributed by atoms with Crippen LogP contribution in [0.3, 0.4) is 0 Å². The molecular formula is C19H14ClN3O. The Bertz CT molecular complexity index is 948. The molecular weight excluding hydrogens is 322 g/mol. The van der Waals surface area contributed by atoms with Crippen LogP contribution < -0.4 is 10.5 Å². The molecule has 0 fully saturated rings. The average molecular weight is 336 g/mol. The Morgan fingerprint density at radius 2 is 1.83 bits per heavy atom. The van der Waals surface area contributed by atoms with Gasteiger partial charge in [0.2, 0.25) is 0 Å². The van der Waals surface area contributed by atoms with E-state index < -0.39 is 0 Å². The fraction of sp³-hybridized carbons (Fsp3) is 0.0526. The Morgan fingerprint density at radius 1 is 1.08 bits per heavy atom. The molecule has 24 heavy (non-hydrogen) atoms. The van der Waals surface area contributed by atoms with Crippen molar-refractivity contribution in [3.63, 3.8) is 0 Å². The van der Waals surface area contributed by atoms with E-state index in [1.54, 1.807) is 13.2 Å². The molecule has 0 bridgehead atoms. The van der Waals surface area contributed by atoms with Gasteiger partial charge in [0.1, 0.15) is 23.2 Å². The molecule has 0 amide bonds. The van der Waals surface area contributed by atoms with Gasteiger partial charge in [-0.15, -0.1) is 0 Å². The maximum absolute atomic E-state index is 9.47. The monoisotopic (exact) mass is 335 g/mol. The largest absolute Gasteiger partial charge is 0.497 e. The molecule has 3 aromatic rings. The Morgan fingerprint density at radius 3 is 2.54 bits per heavy atom. The Kier molecular flexibility index (Phi) is 4.37. The molecule has 2 N–H and O–H groups in total. The second-order valence-electron chi connectivity index (χ2n) is 5.17. The zero-order valence-corrected chi connectivity index (χ0v) is 13.7. The number of rotatable bonds is 3. The highest BCUT2D eigenvalue weighted by molar-refractivity contribution is 6.30. The van der Waals surface area contributed by atoms with Gasteiger partial charge in [0.05, 0.1) is 12.8 Å². The first kappa shape index (κ1) is 15.9. The van der Waals surface area contributed by atoms with Gasteiger partial charge in [-0.25, -0.2) is 4.98 Å². The first-order valence-corrected chi connectivity index (χ1v) is 7.61. The molecule has 0 aliphatic carbocycles. The number of anilines is 1. The van der Waals surface area contributed by atoms with Gasteiger partial charge < -0.3 is 10.5 Å². The lowest BCUT2D eigenvalue weighted by molar-refractivity contribution is 0.415. The van der Waals surface area contributed by atoms with Crippen LogP contribution in [0.1, 0.15) is 5.56 Å². The molecule has 0 atom stereocenters. The number of nitrogen functional groups attached to an aromatic ring is 1. The highest BCUT2D eigenvalue weighted by Crippen LogP contribution is 2.33. The molecule has 1 heterocycles. The summed E-state index contributed by atoms with van der Waals surface area (Å²) in [4.78, 5) is 4.35. The van der Waals surface area contributed by atoms with Gasteiger partial charge in [-0.3, -0.25) is 0 Å². The summed E-state index contributed by atoms with van der Waals surface area (Å²) in [7, 11) is 1.60. The van der Waals surface area contributed by atoms with Crippen molar-refractivity contribution < 1.29 is 4.74 Å². The molecule has 1 aromatic heterocycles. The minimum Gasteiger partial charge on any atom is -0.497 e. The average Bonchev–Trinajstić information content (AvgIpc) is 2.61. The molecule has 2 aromatic carbocycles. The van der Waals surface area contributed by atoms with Crippen LogP contribution >= 0.6 is 11.6 Å². The van der Waals surface area contributed by atoms with E-state index in [1.807, 2.05) is 48.5 Å². The Hall–Kier alpha value is -3.03. The lowest BCUT2D eigenvalue weighted by atomic mass is 9.98. The number of nitrogens with two attached hydrogens (primary N) is 1. The summed E-state index contributed by atoms with van der Waals surface area (Å²) in [5.41, 5.74) is 9.40. The van der Waals surface area contributed by atoms with E-state index in [-0.39, 0.29) is 5.82 Å². The van der Waals surface area contributed by atoms with Crippen LogP contribution in [0.15, 0.2) is 54.6 Å². The third kappa shape index (κ3) is 3.03. The van der Waals surface area contributed by atoms with Crippen molar-refractivity contribution in [2.75, 3.05) is 12.8 Å². The summed E-state index contributed by atoms with van der Waals surface area (Å²) in [6, 6.07) is 18.8. The molecule has 0 aliphatic rings. The van der Waals surface area contributed by atoms with E-state index in [1.165, 1.54) is 0 Å². The van der Waals surface area contributed by atoms with Crippen molar-refractivity contribution in [2.24, 2.45) is 0 Å². The summed E-state index contributed by atoms with van der Waals surface area (Å²) in [5, 5.41) is 10.1. The van der Waals surface area contributed by atoms with Crippen LogP contribution in [0.5, 0.6) is 5.75 Å². The van der Waals surface area contributed by atoms with Crippen LogP contribution in [0.25, 0.3) is 22.4 Å². The van der Waals surface area contributed by atoms with E-state index in [0.29, 0.717) is 27.6 Å². The third-order valence-electron chi connectivity index (χ3n) is 3.66. The summed E-state index contributed by atoms with van der Waals surface area (Å²) in [6.07, 6.45) is 0. The van der Waals surface area contributed by atoms with Crippen molar-refractivity contribution in [3.05, 3.63) is 65.2 Å². The van der Waals surface area contributed by atoms with Gasteiger partial charge in [-0.1, -0.05) is 35.9 Å². The maximum Gasteiger partial charge on any atom is 0.142 e. The summed E-state index contributed by atoms with van der Waals surface area (Å²) in [5.74, 6) is 0.892. The van der Waals surface area contributed by atoms with Crippen LogP contribution in [0.2, 0.25) is 5.02 Å². The smallest absolute Gasteiger partial charge is 0.142 e. The lowest BCUT2D eigenvalue weighted by Gasteiger charge is -2.11. The maximum atomic E-state index is 9.47. The number of nitriles is 1. The van der Waals surface area contributed by atoms with Gasteiger partial charge in [0, 0.05) is 16.1 Å². The zero-order valence-electron chi connectivity index (χ0n) is 13.0. The number of nitrogens with zero attached hydrogens (tertiary/aromatic N) is 2. The van der Waals surface area contributed by atoms with Crippen molar-refractivity contribution in [1.29, 1.82) is 5.26 Å². The minimum absolute atomic E-state index is 0.188. The summed E-state index contributed by atoms with van der Waals surface area (Å²) >= 11 is 6.06. The Balaban J connectivity index is 2.22. The number of ether oxygens (including phenoxy) is 1. The highest BCUT2D eigenvalue weighted by atomic mass is 35.5. The SMILES string of the molecule is COc1cccc(-c2cc(-c3cccc(Cl)c3)nc(N)c2C#N)c1. The fourth-order valence-corrected chi connectivity index (χ4v) is 2.69. The van der Waals surface area contributed by atoms with Gasteiger partial charge >= 0.3 is 0 Å². The molecule has 0 spiro atoms. The predicted molar refractivity (Wildman–Crippen MR) is 95.8 cm³/mol. The molecule has 0 saturated carbocycles. The van der Waals surface area contributed by atoms with E-state index in [0.717, 1.165) is 11.1 Å². The Labute approximate surface area is 145 Å². The van der Waals surface area contributed by atoms with Gasteiger partial charge in [-0.2, -0.15) is 5.26 Å². The second-order valence-corrected chi connectivity index (χ2v) is 5.61. The number of methoxy groups -OCH3 is 1. The molecule has 118 valence electrons. The summed E-state index contributed by atoms with van der Waals surface area (Å²) in [6.45, 7) is 0. The molecule has 5 heteroatoms. The van der Waals surface area contributed by atoms with Crippen LogP contribution in [-0.2, 0) is 0 Å². The standard InChI is InChI=1S/C19H14ClN3O/c1-24-15-7-3-4-12(9-15)16-10-18(23-19(22)17(16)11-21)13-5-2-6-14(20)8-13/h2-10H,1H3,(H2,22,23). The summed E-state index contributed by atoms with van der Waals surface area (Å²) < 4.78 is 5.26. The molecule has 0 saturated heterocycles. The van der Waals surface area contributed by atoms with E-state index >= 15 is 0 Å². The topological polar surface area (TPSA) is 71.9 Å². The first-order valence-electron chi connectivity index (χ1n) is 7.23. The minimum atomic E-state index is 0.188. The third-order valence-corrected chi connectivity index (χ3v) is 3.90. The molecule has 3 rings (SSSR count). The van der Waals surface area contributed by atoms with Crippen molar-refractivity contribution in [2.45, 2.75) is 0 Å². The number of benzene rings is 2. The van der Waals surface area contributed by atoms with Crippen molar-refractivity contribution in [3.8, 4) is 34.2 Å².